The average Bonchev–Trinajstić information content (AvgIpc) is 2.99. The number of pyridine rings is 1. The van der Waals surface area contributed by atoms with Crippen LogP contribution in [0.1, 0.15) is 42.4 Å². The molecule has 6 nitrogen and oxygen atoms in total. The van der Waals surface area contributed by atoms with Crippen LogP contribution in [0.15, 0.2) is 54.9 Å². The quantitative estimate of drug-likeness (QED) is 0.282. The Morgan fingerprint density at radius 3 is 2.58 bits per heavy atom. The molecule has 1 fully saturated rings. The Morgan fingerprint density at radius 2 is 1.86 bits per heavy atom. The van der Waals surface area contributed by atoms with Crippen molar-refractivity contribution < 1.29 is 35.1 Å². The number of rotatable bonds is 4. The van der Waals surface area contributed by atoms with Gasteiger partial charge in [0.15, 0.2) is 0 Å². The second kappa shape index (κ2) is 8.58. The maximum absolute atomic E-state index is 14.6. The van der Waals surface area contributed by atoms with E-state index < -0.39 is 17.0 Å². The number of aliphatic hydroxyl groups is 1. The Balaban J connectivity index is 1.51. The molecule has 1 aliphatic heterocycles. The van der Waals surface area contributed by atoms with Gasteiger partial charge in [-0.3, -0.25) is 0 Å². The summed E-state index contributed by atoms with van der Waals surface area (Å²) in [6.07, 6.45) is 3.43. The number of hydrogen-bond donors (Lipinski definition) is 1. The molecule has 184 valence electrons. The van der Waals surface area contributed by atoms with Crippen LogP contribution in [0.3, 0.4) is 0 Å². The Hall–Kier alpha value is -2.92. The first-order chi connectivity index (χ1) is 17.4. The van der Waals surface area contributed by atoms with Gasteiger partial charge in [0.25, 0.3) is 0 Å². The van der Waals surface area contributed by atoms with Gasteiger partial charge in [-0.05, 0) is 0 Å². The van der Waals surface area contributed by atoms with E-state index in [2.05, 4.69) is 34.0 Å². The SMILES string of the molecule is CC1(C)[C@H]2C[I-]C[C@]1(c1ccnc(-c3ccc(CO)nc3)n1)c1nnc(-c3c(F)cccc3F)cc12. The van der Waals surface area contributed by atoms with Crippen LogP contribution in [0.5, 0.6) is 0 Å². The van der Waals surface area contributed by atoms with Gasteiger partial charge in [0.05, 0.1) is 0 Å². The molecular weight excluding hydrogens is 575 g/mol. The van der Waals surface area contributed by atoms with Crippen molar-refractivity contribution in [3.63, 3.8) is 0 Å². The van der Waals surface area contributed by atoms with E-state index in [0.29, 0.717) is 11.5 Å². The molecule has 0 unspecified atom stereocenters. The van der Waals surface area contributed by atoms with Crippen LogP contribution in [-0.4, -0.2) is 39.1 Å². The van der Waals surface area contributed by atoms with Crippen LogP contribution in [0.4, 0.5) is 8.78 Å². The zero-order valence-electron chi connectivity index (χ0n) is 19.7. The van der Waals surface area contributed by atoms with Gasteiger partial charge < -0.3 is 0 Å². The van der Waals surface area contributed by atoms with Crippen molar-refractivity contribution in [3.05, 3.63) is 89.1 Å². The van der Waals surface area contributed by atoms with Crippen molar-refractivity contribution in [2.45, 2.75) is 31.8 Å². The molecule has 1 aliphatic carbocycles. The Kier molecular flexibility index (Phi) is 5.60. The topological polar surface area (TPSA) is 84.7 Å². The molecule has 1 aromatic carbocycles. The van der Waals surface area contributed by atoms with E-state index in [9.17, 15) is 13.9 Å². The van der Waals surface area contributed by atoms with Gasteiger partial charge in [0.1, 0.15) is 0 Å². The summed E-state index contributed by atoms with van der Waals surface area (Å²) in [5.41, 5.74) is 3.49. The summed E-state index contributed by atoms with van der Waals surface area (Å²) in [5.74, 6) is -0.538. The summed E-state index contributed by atoms with van der Waals surface area (Å²) in [5, 5.41) is 18.3. The molecule has 0 amide bonds. The summed E-state index contributed by atoms with van der Waals surface area (Å²) in [4.78, 5) is 13.8. The maximum atomic E-state index is 14.6. The number of aromatic nitrogens is 5. The predicted octanol–water partition coefficient (Wildman–Crippen LogP) is 1.28. The van der Waals surface area contributed by atoms with Crippen LogP contribution in [0, 0.1) is 17.0 Å². The van der Waals surface area contributed by atoms with E-state index in [1.54, 1.807) is 18.5 Å². The predicted molar refractivity (Wildman–Crippen MR) is 126 cm³/mol. The minimum atomic E-state index is -0.645. The molecule has 6 rings (SSSR count). The molecule has 2 atom stereocenters. The van der Waals surface area contributed by atoms with Crippen LogP contribution in [0.2, 0.25) is 0 Å². The third kappa shape index (κ3) is 3.32. The van der Waals surface area contributed by atoms with Crippen LogP contribution in [-0.2, 0) is 12.0 Å². The molecule has 9 heteroatoms. The summed E-state index contributed by atoms with van der Waals surface area (Å²) in [6, 6.07) is 11.2. The van der Waals surface area contributed by atoms with Gasteiger partial charge in [-0.25, -0.2) is 0 Å². The van der Waals surface area contributed by atoms with E-state index in [4.69, 9.17) is 4.98 Å². The fraction of sp³-hybridized carbons (Fsp3) is 0.296. The first-order valence-electron chi connectivity index (χ1n) is 11.6. The van der Waals surface area contributed by atoms with Gasteiger partial charge >= 0.3 is 218 Å². The minimum absolute atomic E-state index is 0.127. The fourth-order valence-corrected chi connectivity index (χ4v) is 10.6. The molecule has 3 aromatic heterocycles. The summed E-state index contributed by atoms with van der Waals surface area (Å²) in [7, 11) is 0. The van der Waals surface area contributed by atoms with Crippen LogP contribution < -0.4 is 21.2 Å². The van der Waals surface area contributed by atoms with E-state index in [0.717, 1.165) is 31.4 Å². The van der Waals surface area contributed by atoms with Crippen molar-refractivity contribution in [2.24, 2.45) is 5.41 Å². The Labute approximate surface area is 217 Å². The number of aliphatic hydroxyl groups excluding tert-OH is 1. The molecule has 4 heterocycles. The van der Waals surface area contributed by atoms with Gasteiger partial charge in [0, 0.05) is 0 Å². The third-order valence-electron chi connectivity index (χ3n) is 7.69. The third-order valence-corrected chi connectivity index (χ3v) is 10.9. The zero-order chi connectivity index (χ0) is 25.1. The fourth-order valence-electron chi connectivity index (χ4n) is 5.58. The molecule has 36 heavy (non-hydrogen) atoms. The van der Waals surface area contributed by atoms with E-state index >= 15 is 0 Å². The van der Waals surface area contributed by atoms with Crippen LogP contribution >= 0.6 is 0 Å². The number of benzene rings is 1. The van der Waals surface area contributed by atoms with Gasteiger partial charge in [-0.2, -0.15) is 0 Å². The molecule has 1 N–H and O–H groups in total. The molecular formula is C27H23F2IN5O-. The Bertz CT molecular complexity index is 1460. The zero-order valence-corrected chi connectivity index (χ0v) is 21.9. The van der Waals surface area contributed by atoms with E-state index in [1.807, 2.05) is 18.2 Å². The monoisotopic (exact) mass is 598 g/mol. The van der Waals surface area contributed by atoms with Crippen molar-refractivity contribution in [1.29, 1.82) is 0 Å². The summed E-state index contributed by atoms with van der Waals surface area (Å²) >= 11 is -0.153. The van der Waals surface area contributed by atoms with E-state index in [-0.39, 0.29) is 50.4 Å². The van der Waals surface area contributed by atoms with Crippen molar-refractivity contribution in [1.82, 2.24) is 25.1 Å². The molecule has 0 saturated carbocycles. The van der Waals surface area contributed by atoms with Gasteiger partial charge in [-0.15, -0.1) is 0 Å². The molecule has 2 aliphatic rings. The molecule has 4 aromatic rings. The first-order valence-corrected chi connectivity index (χ1v) is 14.7. The van der Waals surface area contributed by atoms with Crippen molar-refractivity contribution in [2.75, 3.05) is 8.86 Å². The number of nitrogens with zero attached hydrogens (tertiary/aromatic N) is 5. The Morgan fingerprint density at radius 1 is 1.06 bits per heavy atom. The molecule has 1 saturated heterocycles. The number of fused-ring (bicyclic) bond motifs is 5. The second-order valence-electron chi connectivity index (χ2n) is 9.75. The molecule has 0 radical (unpaired) electrons. The van der Waals surface area contributed by atoms with Gasteiger partial charge in [-0.1, -0.05) is 0 Å². The number of halogens is 3. The van der Waals surface area contributed by atoms with Crippen LogP contribution in [0.25, 0.3) is 22.6 Å². The average molecular weight is 598 g/mol. The number of alkyl halides is 2. The molecule has 2 bridgehead atoms. The first kappa shape index (κ1) is 23.5. The second-order valence-corrected chi connectivity index (χ2v) is 12.5. The number of hydrogen-bond acceptors (Lipinski definition) is 6. The van der Waals surface area contributed by atoms with Crippen molar-refractivity contribution >= 4 is 0 Å². The van der Waals surface area contributed by atoms with E-state index in [1.165, 1.54) is 18.2 Å². The molecule has 0 spiro atoms. The van der Waals surface area contributed by atoms with Gasteiger partial charge in [0.2, 0.25) is 0 Å². The summed E-state index contributed by atoms with van der Waals surface area (Å²) in [6.45, 7) is 4.35. The van der Waals surface area contributed by atoms with Crippen molar-refractivity contribution in [3.8, 4) is 22.6 Å². The summed E-state index contributed by atoms with van der Waals surface area (Å²) < 4.78 is 31.1. The normalized spacial score (nSPS) is 22.1. The standard InChI is InChI=1S/C27H23F2IN5O/c1-26(2)18-11-30-14-27(26,22-8-9-31-25(33-22)15-6-7-16(13-36)32-12-15)24-17(18)10-21(34-35-24)23-19(28)4-3-5-20(23)29/h3-10,12,18,36H,11,13-14H2,1-2H3/q-1/t18-,27-/m0/s1.